The Kier molecular flexibility index (Phi) is 8.84. The first-order chi connectivity index (χ1) is 19.0. The number of phosphoric ester groups is 1. The minimum Gasteiger partial charge on any atom is -0.442 e. The summed E-state index contributed by atoms with van der Waals surface area (Å²) in [6.45, 7) is 13.7. The predicted octanol–water partition coefficient (Wildman–Crippen LogP) is 4.76. The molecule has 1 fully saturated rings. The number of phosphoric acid groups is 1. The highest BCUT2D eigenvalue weighted by Gasteiger charge is 2.37. The Morgan fingerprint density at radius 2 is 1.85 bits per heavy atom. The Morgan fingerprint density at radius 3 is 2.44 bits per heavy atom. The second kappa shape index (κ2) is 11.7. The summed E-state index contributed by atoms with van der Waals surface area (Å²) < 4.78 is 52.3. The van der Waals surface area contributed by atoms with Gasteiger partial charge in [-0.3, -0.25) is 27.9 Å². The molecule has 2 amide bonds. The monoisotopic (exact) mass is 595 g/mol. The third kappa shape index (κ3) is 8.28. The molecule has 1 N–H and O–H groups in total. The van der Waals surface area contributed by atoms with Gasteiger partial charge in [-0.2, -0.15) is 5.10 Å². The van der Waals surface area contributed by atoms with Gasteiger partial charge < -0.3 is 15.0 Å². The molecule has 0 radical (unpaired) electrons. The summed E-state index contributed by atoms with van der Waals surface area (Å²) in [6.07, 6.45) is 0.771. The van der Waals surface area contributed by atoms with Crippen molar-refractivity contribution in [2.75, 3.05) is 29.5 Å². The van der Waals surface area contributed by atoms with Gasteiger partial charge in [0.2, 0.25) is 5.91 Å². The van der Waals surface area contributed by atoms with Crippen molar-refractivity contribution >= 4 is 31.2 Å². The maximum absolute atomic E-state index is 15.2. The Balaban J connectivity index is 1.34. The number of carbonyl (C=O) groups excluding carboxylic acids is 2. The van der Waals surface area contributed by atoms with Crippen LogP contribution in [0, 0.1) is 5.82 Å². The average molecular weight is 596 g/mol. The van der Waals surface area contributed by atoms with Crippen LogP contribution in [0.25, 0.3) is 0 Å². The van der Waals surface area contributed by atoms with Gasteiger partial charge in [-0.05, 0) is 59.7 Å². The molecule has 1 atom stereocenters. The molecule has 0 aliphatic carbocycles. The summed E-state index contributed by atoms with van der Waals surface area (Å²) in [5.74, 6) is -0.691. The molecule has 41 heavy (non-hydrogen) atoms. The number of rotatable bonds is 10. The summed E-state index contributed by atoms with van der Waals surface area (Å²) in [4.78, 5) is 26.6. The number of cyclic esters (lactones) is 1. The second-order valence-corrected chi connectivity index (χ2v) is 13.6. The number of hydrogen-bond acceptors (Lipinski definition) is 9. The van der Waals surface area contributed by atoms with Crippen molar-refractivity contribution in [3.63, 3.8) is 0 Å². The average Bonchev–Trinajstić information content (AvgIpc) is 3.47. The molecule has 1 saturated heterocycles. The van der Waals surface area contributed by atoms with Gasteiger partial charge in [-0.25, -0.2) is 13.8 Å². The molecule has 2 aliphatic rings. The lowest BCUT2D eigenvalue weighted by molar-refractivity contribution is -0.119. The molecule has 0 spiro atoms. The van der Waals surface area contributed by atoms with E-state index in [0.717, 1.165) is 11.3 Å². The van der Waals surface area contributed by atoms with Crippen LogP contribution in [-0.4, -0.2) is 58.8 Å². The van der Waals surface area contributed by atoms with Crippen molar-refractivity contribution in [1.82, 2.24) is 15.1 Å². The van der Waals surface area contributed by atoms with Crippen molar-refractivity contribution in [1.29, 1.82) is 0 Å². The minimum absolute atomic E-state index is 0.0639. The molecule has 12 nitrogen and oxygen atoms in total. The number of nitrogens with zero attached hydrogens (tertiary/aromatic N) is 4. The van der Waals surface area contributed by atoms with Crippen LogP contribution in [0.3, 0.4) is 0 Å². The second-order valence-electron chi connectivity index (χ2n) is 12.1. The van der Waals surface area contributed by atoms with Crippen molar-refractivity contribution in [3.8, 4) is 0 Å². The van der Waals surface area contributed by atoms with Crippen molar-refractivity contribution in [2.45, 2.75) is 85.4 Å². The van der Waals surface area contributed by atoms with E-state index in [9.17, 15) is 14.2 Å². The van der Waals surface area contributed by atoms with Crippen LogP contribution < -0.4 is 15.1 Å². The van der Waals surface area contributed by atoms with Crippen LogP contribution in [0.5, 0.6) is 0 Å². The molecule has 0 saturated carbocycles. The quantitative estimate of drug-likeness (QED) is 0.387. The van der Waals surface area contributed by atoms with E-state index >= 15 is 4.39 Å². The molecule has 1 aromatic heterocycles. The maximum Gasteiger partial charge on any atom is 0.475 e. The molecule has 0 bridgehead atoms. The number of benzene rings is 1. The van der Waals surface area contributed by atoms with Crippen LogP contribution in [-0.2, 0) is 47.3 Å². The summed E-state index contributed by atoms with van der Waals surface area (Å²) >= 11 is 0. The van der Waals surface area contributed by atoms with Gasteiger partial charge in [-0.15, -0.1) is 0 Å². The third-order valence-corrected chi connectivity index (χ3v) is 8.05. The number of carbonyl (C=O) groups is 2. The van der Waals surface area contributed by atoms with Crippen molar-refractivity contribution in [2.24, 2.45) is 0 Å². The number of ether oxygens (including phenoxy) is 1. The number of aromatic nitrogens is 2. The highest BCUT2D eigenvalue weighted by Crippen LogP contribution is 2.55. The van der Waals surface area contributed by atoms with E-state index in [2.05, 4.69) is 10.4 Å². The molecule has 0 unspecified atom stereocenters. The molecule has 4 rings (SSSR count). The zero-order valence-electron chi connectivity index (χ0n) is 24.6. The normalized spacial score (nSPS) is 17.7. The lowest BCUT2D eigenvalue weighted by atomic mass is 10.2. The SMILES string of the molecule is CC(=O)NC[C@H]1CN(c2ccc(N3Cc4cn(CCOP(=O)(OC(C)(C)C)OC(C)(C)C)nc4C3)c(F)c2)C(=O)O1. The van der Waals surface area contributed by atoms with Gasteiger partial charge >= 0.3 is 13.9 Å². The molecule has 226 valence electrons. The maximum atomic E-state index is 15.2. The topological polar surface area (TPSA) is 124 Å². The van der Waals surface area contributed by atoms with E-state index in [0.29, 0.717) is 31.0 Å². The zero-order valence-corrected chi connectivity index (χ0v) is 25.5. The highest BCUT2D eigenvalue weighted by molar-refractivity contribution is 7.48. The fourth-order valence-corrected chi connectivity index (χ4v) is 6.29. The number of hydrogen-bond donors (Lipinski definition) is 1. The predicted molar refractivity (Wildman–Crippen MR) is 150 cm³/mol. The summed E-state index contributed by atoms with van der Waals surface area (Å²) in [5.41, 5.74) is 1.07. The highest BCUT2D eigenvalue weighted by atomic mass is 31.2. The Labute approximate surface area is 239 Å². The van der Waals surface area contributed by atoms with Crippen LogP contribution in [0.15, 0.2) is 24.4 Å². The first-order valence-electron chi connectivity index (χ1n) is 13.5. The van der Waals surface area contributed by atoms with Gasteiger partial charge in [0, 0.05) is 25.2 Å². The first-order valence-corrected chi connectivity index (χ1v) is 14.9. The molecular weight excluding hydrogens is 556 g/mol. The molecule has 2 aromatic rings. The Morgan fingerprint density at radius 1 is 1.17 bits per heavy atom. The van der Waals surface area contributed by atoms with E-state index in [-0.39, 0.29) is 25.6 Å². The fourth-order valence-electron chi connectivity index (χ4n) is 4.50. The molecule has 1 aromatic carbocycles. The molecule has 2 aliphatic heterocycles. The first kappa shape index (κ1) is 31.0. The fraction of sp³-hybridized carbons (Fsp3) is 0.593. The third-order valence-electron chi connectivity index (χ3n) is 6.00. The van der Waals surface area contributed by atoms with Gasteiger partial charge in [0.25, 0.3) is 0 Å². The van der Waals surface area contributed by atoms with Gasteiger partial charge in [0.1, 0.15) is 11.9 Å². The van der Waals surface area contributed by atoms with E-state index in [1.165, 1.54) is 17.9 Å². The van der Waals surface area contributed by atoms with Crippen LogP contribution in [0.1, 0.15) is 59.7 Å². The van der Waals surface area contributed by atoms with Crippen molar-refractivity contribution in [3.05, 3.63) is 41.5 Å². The number of halogens is 1. The minimum atomic E-state index is -3.82. The Bertz CT molecular complexity index is 1290. The summed E-state index contributed by atoms with van der Waals surface area (Å²) in [6, 6.07) is 4.61. The van der Waals surface area contributed by atoms with Crippen LogP contribution in [0.2, 0.25) is 0 Å². The lowest BCUT2D eigenvalue weighted by Crippen LogP contribution is -2.33. The number of fused-ring (bicyclic) bond motifs is 1. The molecule has 14 heteroatoms. The van der Waals surface area contributed by atoms with Gasteiger partial charge in [-0.1, -0.05) is 0 Å². The number of amides is 2. The molecule has 3 heterocycles. The Hall–Kier alpha value is -2.99. The van der Waals surface area contributed by atoms with Crippen LogP contribution in [0.4, 0.5) is 20.6 Å². The van der Waals surface area contributed by atoms with E-state index in [1.54, 1.807) is 58.4 Å². The van der Waals surface area contributed by atoms with Crippen LogP contribution >= 0.6 is 7.82 Å². The summed E-state index contributed by atoms with van der Waals surface area (Å²) in [5, 5.41) is 7.21. The molecular formula is C27H39FN5O7P. The van der Waals surface area contributed by atoms with Gasteiger partial charge in [0.15, 0.2) is 0 Å². The van der Waals surface area contributed by atoms with Crippen molar-refractivity contribution < 1.29 is 36.9 Å². The van der Waals surface area contributed by atoms with E-state index in [4.69, 9.17) is 18.3 Å². The standard InChI is InChI=1S/C27H39FN5O7P/c1-18(34)29-13-21-16-33(25(35)38-21)20-8-9-24(22(28)12-20)31-14-19-15-32(30-23(19)17-31)10-11-37-41(36,39-26(2,3)4)40-27(5,6)7/h8-9,12,15,21H,10-11,13-14,16-17H2,1-7H3,(H,29,34)/t21-/m0/s1. The zero-order chi connectivity index (χ0) is 30.2. The number of nitrogens with one attached hydrogen (secondary N) is 1. The van der Waals surface area contributed by atoms with E-state index in [1.807, 2.05) is 11.1 Å². The lowest BCUT2D eigenvalue weighted by Gasteiger charge is -2.30. The summed E-state index contributed by atoms with van der Waals surface area (Å²) in [7, 11) is -3.82. The van der Waals surface area contributed by atoms with Gasteiger partial charge in [0.05, 0.1) is 61.1 Å². The largest absolute Gasteiger partial charge is 0.475 e. The van der Waals surface area contributed by atoms with E-state index < -0.39 is 37.0 Å². The smallest absolute Gasteiger partial charge is 0.442 e. The number of anilines is 2.